The van der Waals surface area contributed by atoms with Gasteiger partial charge in [-0.25, -0.2) is 0 Å². The summed E-state index contributed by atoms with van der Waals surface area (Å²) < 4.78 is 16.6. The van der Waals surface area contributed by atoms with Crippen LogP contribution in [-0.4, -0.2) is 49.5 Å². The Balaban J connectivity index is 0.00000256. The molecule has 7 heteroatoms. The quantitative estimate of drug-likeness (QED) is 0.412. The molecule has 0 N–H and O–H groups in total. The van der Waals surface area contributed by atoms with Crippen molar-refractivity contribution in [2.24, 2.45) is 0 Å². The second-order valence-corrected chi connectivity index (χ2v) is 6.93. The summed E-state index contributed by atoms with van der Waals surface area (Å²) in [6.45, 7) is 5.29. The monoisotopic (exact) mass is 425 g/mol. The summed E-state index contributed by atoms with van der Waals surface area (Å²) in [6, 6.07) is 17.5. The van der Waals surface area contributed by atoms with Crippen LogP contribution in [0.15, 0.2) is 53.1 Å². The fraction of sp³-hybridized carbons (Fsp3) is 0.304. The van der Waals surface area contributed by atoms with Crippen molar-refractivity contribution in [1.82, 2.24) is 10.1 Å². The lowest BCUT2D eigenvalue weighted by atomic mass is 10.1. The van der Waals surface area contributed by atoms with Gasteiger partial charge in [0.1, 0.15) is 17.5 Å². The van der Waals surface area contributed by atoms with Gasteiger partial charge >= 0.3 is 0 Å². The van der Waals surface area contributed by atoms with Crippen LogP contribution in [0.2, 0.25) is 0 Å². The molecule has 0 spiro atoms. The predicted octanol–water partition coefficient (Wildman–Crippen LogP) is 4.41. The van der Waals surface area contributed by atoms with Crippen molar-refractivity contribution in [3.05, 3.63) is 59.8 Å². The van der Waals surface area contributed by atoms with E-state index in [1.165, 1.54) is 0 Å². The average molecular weight is 426 g/mol. The van der Waals surface area contributed by atoms with Crippen LogP contribution in [0.4, 0.5) is 0 Å². The fourth-order valence-electron chi connectivity index (χ4n) is 3.40. The zero-order valence-electron chi connectivity index (χ0n) is 16.6. The minimum Gasteiger partial charge on any atom is -0.494 e. The van der Waals surface area contributed by atoms with Gasteiger partial charge in [-0.05, 0) is 42.3 Å². The molecule has 1 aromatic heterocycles. The molecule has 0 atom stereocenters. The van der Waals surface area contributed by atoms with Crippen molar-refractivity contribution >= 4 is 35.0 Å². The van der Waals surface area contributed by atoms with Crippen molar-refractivity contribution in [2.45, 2.75) is 6.42 Å². The van der Waals surface area contributed by atoms with Crippen LogP contribution in [0.5, 0.6) is 5.75 Å². The number of hydrogen-bond donors (Lipinski definition) is 0. The van der Waals surface area contributed by atoms with Crippen LogP contribution in [0, 0.1) is 11.3 Å². The lowest BCUT2D eigenvalue weighted by Crippen LogP contribution is -2.37. The Bertz CT molecular complexity index is 1040. The van der Waals surface area contributed by atoms with E-state index in [4.69, 9.17) is 14.0 Å². The van der Waals surface area contributed by atoms with Crippen molar-refractivity contribution < 1.29 is 14.0 Å². The number of nitrogens with zero attached hydrogens (tertiary/aromatic N) is 3. The van der Waals surface area contributed by atoms with Gasteiger partial charge in [-0.2, -0.15) is 5.26 Å². The SMILES string of the molecule is Cl.N#C/C(=C\c1cccc(OCCCN2CCOCC2)c1)c1noc2ccccc12. The number of ether oxygens (including phenoxy) is 2. The van der Waals surface area contributed by atoms with Crippen molar-refractivity contribution in [1.29, 1.82) is 5.26 Å². The molecule has 2 aromatic carbocycles. The Kier molecular flexibility index (Phi) is 7.86. The van der Waals surface area contributed by atoms with Crippen LogP contribution in [0.3, 0.4) is 0 Å². The molecule has 3 aromatic rings. The fourth-order valence-corrected chi connectivity index (χ4v) is 3.40. The summed E-state index contributed by atoms with van der Waals surface area (Å²) in [5.74, 6) is 0.794. The molecule has 0 radical (unpaired) electrons. The molecule has 1 aliphatic heterocycles. The molecule has 0 bridgehead atoms. The predicted molar refractivity (Wildman–Crippen MR) is 119 cm³/mol. The third kappa shape index (κ3) is 5.39. The number of aromatic nitrogens is 1. The second kappa shape index (κ2) is 10.8. The van der Waals surface area contributed by atoms with Gasteiger partial charge in [0.2, 0.25) is 0 Å². The molecular weight excluding hydrogens is 402 g/mol. The molecule has 0 aliphatic carbocycles. The van der Waals surface area contributed by atoms with Gasteiger partial charge in [-0.1, -0.05) is 29.4 Å². The minimum atomic E-state index is 0. The molecule has 6 nitrogen and oxygen atoms in total. The minimum absolute atomic E-state index is 0. The Labute approximate surface area is 182 Å². The lowest BCUT2D eigenvalue weighted by molar-refractivity contribution is 0.0358. The molecular formula is C23H24ClN3O3. The standard InChI is InChI=1S/C23H23N3O3.ClH/c24-17-19(23-21-7-1-2-8-22(21)29-25-23)15-18-5-3-6-20(16-18)28-12-4-9-26-10-13-27-14-11-26;/h1-3,5-8,15-16H,4,9-14H2;1H/b19-15+;. The Hall–Kier alpha value is -2.85. The van der Waals surface area contributed by atoms with Gasteiger partial charge < -0.3 is 14.0 Å². The van der Waals surface area contributed by atoms with Crippen LogP contribution in [-0.2, 0) is 4.74 Å². The van der Waals surface area contributed by atoms with Gasteiger partial charge in [0.25, 0.3) is 0 Å². The average Bonchev–Trinajstić information content (AvgIpc) is 3.20. The van der Waals surface area contributed by atoms with E-state index in [-0.39, 0.29) is 12.4 Å². The number of fused-ring (bicyclic) bond motifs is 1. The number of nitriles is 1. The van der Waals surface area contributed by atoms with E-state index >= 15 is 0 Å². The summed E-state index contributed by atoms with van der Waals surface area (Å²) in [5, 5.41) is 14.5. The maximum absolute atomic E-state index is 9.64. The van der Waals surface area contributed by atoms with E-state index in [1.807, 2.05) is 54.6 Å². The molecule has 156 valence electrons. The Morgan fingerprint density at radius 1 is 1.17 bits per heavy atom. The smallest absolute Gasteiger partial charge is 0.167 e. The van der Waals surface area contributed by atoms with Gasteiger partial charge in [-0.3, -0.25) is 4.90 Å². The van der Waals surface area contributed by atoms with Gasteiger partial charge in [0.05, 0.1) is 30.8 Å². The summed E-state index contributed by atoms with van der Waals surface area (Å²) in [4.78, 5) is 2.40. The molecule has 1 saturated heterocycles. The first kappa shape index (κ1) is 21.8. The molecule has 4 rings (SSSR count). The van der Waals surface area contributed by atoms with Gasteiger partial charge in [-0.15, -0.1) is 12.4 Å². The summed E-state index contributed by atoms with van der Waals surface area (Å²) >= 11 is 0. The highest BCUT2D eigenvalue weighted by Crippen LogP contribution is 2.26. The highest BCUT2D eigenvalue weighted by atomic mass is 35.5. The van der Waals surface area contributed by atoms with Crippen molar-refractivity contribution in [2.75, 3.05) is 39.5 Å². The highest BCUT2D eigenvalue weighted by Gasteiger charge is 2.12. The second-order valence-electron chi connectivity index (χ2n) is 6.93. The zero-order valence-corrected chi connectivity index (χ0v) is 17.4. The van der Waals surface area contributed by atoms with E-state index in [9.17, 15) is 5.26 Å². The number of morpholine rings is 1. The number of hydrogen-bond acceptors (Lipinski definition) is 6. The Morgan fingerprint density at radius 3 is 2.83 bits per heavy atom. The number of allylic oxidation sites excluding steroid dienone is 1. The van der Waals surface area contributed by atoms with Crippen LogP contribution >= 0.6 is 12.4 Å². The van der Waals surface area contributed by atoms with Crippen molar-refractivity contribution in [3.8, 4) is 11.8 Å². The first-order valence-electron chi connectivity index (χ1n) is 9.83. The van der Waals surface area contributed by atoms with E-state index in [2.05, 4.69) is 16.1 Å². The lowest BCUT2D eigenvalue weighted by Gasteiger charge is -2.26. The first-order valence-corrected chi connectivity index (χ1v) is 9.83. The molecule has 30 heavy (non-hydrogen) atoms. The van der Waals surface area contributed by atoms with E-state index < -0.39 is 0 Å². The normalized spacial score (nSPS) is 14.8. The largest absolute Gasteiger partial charge is 0.494 e. The van der Waals surface area contributed by atoms with Crippen LogP contribution in [0.1, 0.15) is 17.7 Å². The van der Waals surface area contributed by atoms with Gasteiger partial charge in [0.15, 0.2) is 5.58 Å². The van der Waals surface area contributed by atoms with Crippen molar-refractivity contribution in [3.63, 3.8) is 0 Å². The molecule has 0 saturated carbocycles. The van der Waals surface area contributed by atoms with E-state index in [0.717, 1.165) is 56.0 Å². The molecule has 2 heterocycles. The molecule has 1 fully saturated rings. The molecule has 1 aliphatic rings. The number of halogens is 1. The summed E-state index contributed by atoms with van der Waals surface area (Å²) in [5.41, 5.74) is 2.57. The number of rotatable bonds is 7. The van der Waals surface area contributed by atoms with E-state index in [1.54, 1.807) is 0 Å². The molecule has 0 unspecified atom stereocenters. The maximum atomic E-state index is 9.64. The molecule has 0 amide bonds. The third-order valence-corrected chi connectivity index (χ3v) is 4.91. The Morgan fingerprint density at radius 2 is 2.00 bits per heavy atom. The highest BCUT2D eigenvalue weighted by molar-refractivity contribution is 5.98. The number of benzene rings is 2. The van der Waals surface area contributed by atoms with Crippen LogP contribution in [0.25, 0.3) is 22.6 Å². The van der Waals surface area contributed by atoms with Crippen LogP contribution < -0.4 is 4.74 Å². The zero-order chi connectivity index (χ0) is 19.9. The first-order chi connectivity index (χ1) is 14.3. The third-order valence-electron chi connectivity index (χ3n) is 4.91. The maximum Gasteiger partial charge on any atom is 0.167 e. The summed E-state index contributed by atoms with van der Waals surface area (Å²) in [7, 11) is 0. The summed E-state index contributed by atoms with van der Waals surface area (Å²) in [6.07, 6.45) is 2.78. The van der Waals surface area contributed by atoms with Gasteiger partial charge in [0, 0.05) is 19.6 Å². The topological polar surface area (TPSA) is 71.5 Å². The van der Waals surface area contributed by atoms with E-state index in [0.29, 0.717) is 23.5 Å². The number of para-hydroxylation sites is 1.